The molecule has 0 spiro atoms. The van der Waals surface area contributed by atoms with Crippen LogP contribution in [0.15, 0.2) is 0 Å². The molecule has 116 valence electrons. The number of carbonyl (C=O) groups excluding carboxylic acids is 1. The van der Waals surface area contributed by atoms with E-state index in [1.54, 1.807) is 0 Å². The summed E-state index contributed by atoms with van der Waals surface area (Å²) in [4.78, 5) is 14.7. The maximum atomic E-state index is 12.3. The van der Waals surface area contributed by atoms with Gasteiger partial charge in [0.25, 0.3) is 0 Å². The van der Waals surface area contributed by atoms with Crippen LogP contribution in [-0.2, 0) is 4.79 Å². The molecule has 0 aromatic carbocycles. The molecule has 0 radical (unpaired) electrons. The predicted octanol–water partition coefficient (Wildman–Crippen LogP) is 1.88. The van der Waals surface area contributed by atoms with Gasteiger partial charge in [-0.3, -0.25) is 4.79 Å². The second-order valence-electron chi connectivity index (χ2n) is 6.62. The number of rotatable bonds is 5. The first-order valence-corrected chi connectivity index (χ1v) is 8.42. The topological polar surface area (TPSA) is 58.4 Å². The van der Waals surface area contributed by atoms with Gasteiger partial charge in [-0.1, -0.05) is 32.1 Å². The minimum absolute atomic E-state index is 0.0364. The number of hydrogen-bond acceptors (Lipinski definition) is 3. The highest BCUT2D eigenvalue weighted by Crippen LogP contribution is 2.23. The minimum Gasteiger partial charge on any atom is -0.355 e. The van der Waals surface area contributed by atoms with E-state index in [2.05, 4.69) is 17.3 Å². The van der Waals surface area contributed by atoms with Crippen LogP contribution in [0.5, 0.6) is 0 Å². The Morgan fingerprint density at radius 2 is 1.75 bits per heavy atom. The van der Waals surface area contributed by atoms with E-state index in [0.717, 1.165) is 38.4 Å². The third kappa shape index (κ3) is 4.45. The predicted molar refractivity (Wildman–Crippen MR) is 82.4 cm³/mol. The molecule has 2 saturated carbocycles. The van der Waals surface area contributed by atoms with Gasteiger partial charge in [0.05, 0.1) is 5.92 Å². The van der Waals surface area contributed by atoms with Crippen LogP contribution in [0.4, 0.5) is 0 Å². The Morgan fingerprint density at radius 1 is 1.10 bits per heavy atom. The van der Waals surface area contributed by atoms with Crippen molar-refractivity contribution in [3.8, 4) is 0 Å². The zero-order valence-electron chi connectivity index (χ0n) is 12.9. The normalized spacial score (nSPS) is 28.6. The fourth-order valence-corrected chi connectivity index (χ4v) is 3.68. The molecule has 4 heteroatoms. The molecule has 0 aromatic rings. The van der Waals surface area contributed by atoms with Crippen LogP contribution in [-0.4, -0.2) is 43.0 Å². The van der Waals surface area contributed by atoms with Crippen molar-refractivity contribution in [2.75, 3.05) is 20.1 Å². The number of likely N-dealkylation sites (N-methyl/N-ethyl adjacent to an activating group) is 1. The molecule has 0 heterocycles. The summed E-state index contributed by atoms with van der Waals surface area (Å²) in [6.45, 7) is 1.72. The Kier molecular flexibility index (Phi) is 6.30. The Morgan fingerprint density at radius 3 is 2.50 bits per heavy atom. The second-order valence-corrected chi connectivity index (χ2v) is 6.62. The average Bonchev–Trinajstić information content (AvgIpc) is 2.88. The lowest BCUT2D eigenvalue weighted by Crippen LogP contribution is -2.44. The smallest absolute Gasteiger partial charge is 0.224 e. The van der Waals surface area contributed by atoms with Crippen molar-refractivity contribution in [2.45, 2.75) is 69.9 Å². The second kappa shape index (κ2) is 7.99. The first-order valence-electron chi connectivity index (χ1n) is 8.42. The molecular weight excluding hydrogens is 250 g/mol. The van der Waals surface area contributed by atoms with Crippen molar-refractivity contribution >= 4 is 5.91 Å². The Balaban J connectivity index is 1.68. The number of hydrogen-bond donors (Lipinski definition) is 2. The van der Waals surface area contributed by atoms with Gasteiger partial charge in [-0.25, -0.2) is 0 Å². The number of nitrogens with zero attached hydrogens (tertiary/aromatic N) is 1. The van der Waals surface area contributed by atoms with Gasteiger partial charge in [-0.15, -0.1) is 0 Å². The van der Waals surface area contributed by atoms with Gasteiger partial charge in [-0.2, -0.15) is 0 Å². The molecule has 0 bridgehead atoms. The van der Waals surface area contributed by atoms with Crippen LogP contribution in [0.1, 0.15) is 57.8 Å². The summed E-state index contributed by atoms with van der Waals surface area (Å²) in [6, 6.07) is 0.789. The monoisotopic (exact) mass is 281 g/mol. The maximum absolute atomic E-state index is 12.3. The summed E-state index contributed by atoms with van der Waals surface area (Å²) in [5.74, 6) is 0.216. The first-order chi connectivity index (χ1) is 9.68. The third-order valence-corrected chi connectivity index (χ3v) is 5.12. The summed E-state index contributed by atoms with van der Waals surface area (Å²) in [5, 5.41) is 3.10. The molecule has 2 unspecified atom stereocenters. The molecule has 1 amide bonds. The summed E-state index contributed by atoms with van der Waals surface area (Å²) in [6.07, 6.45) is 10.9. The molecule has 4 nitrogen and oxygen atoms in total. The largest absolute Gasteiger partial charge is 0.355 e. The van der Waals surface area contributed by atoms with Gasteiger partial charge in [0, 0.05) is 25.2 Å². The first kappa shape index (κ1) is 15.8. The zero-order chi connectivity index (χ0) is 14.4. The van der Waals surface area contributed by atoms with E-state index in [9.17, 15) is 4.79 Å². The van der Waals surface area contributed by atoms with Crippen molar-refractivity contribution in [3.63, 3.8) is 0 Å². The lowest BCUT2D eigenvalue weighted by atomic mass is 9.94. The quantitative estimate of drug-likeness (QED) is 0.757. The highest BCUT2D eigenvalue weighted by Gasteiger charge is 2.27. The van der Waals surface area contributed by atoms with Gasteiger partial charge >= 0.3 is 0 Å². The van der Waals surface area contributed by atoms with Crippen LogP contribution >= 0.6 is 0 Å². The Bertz CT molecular complexity index is 302. The molecule has 2 aliphatic rings. The lowest BCUT2D eigenvalue weighted by molar-refractivity contribution is -0.125. The molecule has 0 saturated heterocycles. The standard InChI is InChI=1S/C16H31N3O/c1-19(13-7-5-6-8-13)12-11-18-16(20)14-9-3-2-4-10-15(14)17/h13-15H,2-12,17H2,1H3,(H,18,20). The van der Waals surface area contributed by atoms with Crippen LogP contribution < -0.4 is 11.1 Å². The SMILES string of the molecule is CN(CCNC(=O)C1CCCCCC1N)C1CCCC1. The molecule has 0 aliphatic heterocycles. The number of carbonyl (C=O) groups is 1. The van der Waals surface area contributed by atoms with Crippen molar-refractivity contribution < 1.29 is 4.79 Å². The average molecular weight is 281 g/mol. The van der Waals surface area contributed by atoms with Crippen LogP contribution in [0.3, 0.4) is 0 Å². The van der Waals surface area contributed by atoms with Gasteiger partial charge < -0.3 is 16.0 Å². The number of nitrogens with two attached hydrogens (primary N) is 1. The number of amides is 1. The summed E-state index contributed by atoms with van der Waals surface area (Å²) in [5.41, 5.74) is 6.14. The molecule has 3 N–H and O–H groups in total. The Hall–Kier alpha value is -0.610. The van der Waals surface area contributed by atoms with Crippen LogP contribution in [0.2, 0.25) is 0 Å². The van der Waals surface area contributed by atoms with E-state index in [1.165, 1.54) is 38.5 Å². The molecule has 0 aromatic heterocycles. The highest BCUT2D eigenvalue weighted by atomic mass is 16.1. The fraction of sp³-hybridized carbons (Fsp3) is 0.938. The Labute approximate surface area is 123 Å². The van der Waals surface area contributed by atoms with Gasteiger partial charge in [0.1, 0.15) is 0 Å². The minimum atomic E-state index is 0.0364. The molecule has 2 fully saturated rings. The van der Waals surface area contributed by atoms with E-state index in [1.807, 2.05) is 0 Å². The maximum Gasteiger partial charge on any atom is 0.224 e. The van der Waals surface area contributed by atoms with Gasteiger partial charge in [0.2, 0.25) is 5.91 Å². The van der Waals surface area contributed by atoms with E-state index in [0.29, 0.717) is 0 Å². The van der Waals surface area contributed by atoms with E-state index in [4.69, 9.17) is 5.73 Å². The van der Waals surface area contributed by atoms with Gasteiger partial charge in [0.15, 0.2) is 0 Å². The molecular formula is C16H31N3O. The van der Waals surface area contributed by atoms with Crippen LogP contribution in [0.25, 0.3) is 0 Å². The van der Waals surface area contributed by atoms with Crippen molar-refractivity contribution in [3.05, 3.63) is 0 Å². The molecule has 2 rings (SSSR count). The van der Waals surface area contributed by atoms with Gasteiger partial charge in [-0.05, 0) is 32.7 Å². The summed E-state index contributed by atoms with van der Waals surface area (Å²) in [7, 11) is 2.18. The van der Waals surface area contributed by atoms with E-state index < -0.39 is 0 Å². The molecule has 20 heavy (non-hydrogen) atoms. The van der Waals surface area contributed by atoms with E-state index >= 15 is 0 Å². The third-order valence-electron chi connectivity index (χ3n) is 5.12. The van der Waals surface area contributed by atoms with Crippen molar-refractivity contribution in [1.29, 1.82) is 0 Å². The summed E-state index contributed by atoms with van der Waals surface area (Å²) < 4.78 is 0. The summed E-state index contributed by atoms with van der Waals surface area (Å²) >= 11 is 0. The van der Waals surface area contributed by atoms with E-state index in [-0.39, 0.29) is 17.9 Å². The fourth-order valence-electron chi connectivity index (χ4n) is 3.68. The zero-order valence-corrected chi connectivity index (χ0v) is 12.9. The molecule has 2 aliphatic carbocycles. The number of nitrogens with one attached hydrogen (secondary N) is 1. The lowest BCUT2D eigenvalue weighted by Gasteiger charge is -2.25. The molecule has 2 atom stereocenters. The van der Waals surface area contributed by atoms with Crippen molar-refractivity contribution in [1.82, 2.24) is 10.2 Å². The van der Waals surface area contributed by atoms with Crippen molar-refractivity contribution in [2.24, 2.45) is 11.7 Å². The van der Waals surface area contributed by atoms with Crippen LogP contribution in [0, 0.1) is 5.92 Å². The highest BCUT2D eigenvalue weighted by molar-refractivity contribution is 5.79.